The average molecular weight is 269 g/mol. The molecule has 0 aliphatic rings. The van der Waals surface area contributed by atoms with Gasteiger partial charge in [-0.25, -0.2) is 4.98 Å². The number of hydrogen-bond acceptors (Lipinski definition) is 6. The molecule has 20 heavy (non-hydrogen) atoms. The molecular formula is C12H11N7O. The zero-order valence-corrected chi connectivity index (χ0v) is 10.6. The molecule has 1 aromatic carbocycles. The first-order valence-corrected chi connectivity index (χ1v) is 5.82. The summed E-state index contributed by atoms with van der Waals surface area (Å²) in [6.45, 7) is 1.89. The maximum Gasteiger partial charge on any atom is 0.220 e. The molecule has 0 spiro atoms. The summed E-state index contributed by atoms with van der Waals surface area (Å²) in [6, 6.07) is 7.74. The molecule has 0 atom stereocenters. The number of aromatic nitrogens is 5. The van der Waals surface area contributed by atoms with Crippen LogP contribution in [0.1, 0.15) is 11.5 Å². The Kier molecular flexibility index (Phi) is 2.75. The lowest BCUT2D eigenvalue weighted by atomic mass is 10.1. The van der Waals surface area contributed by atoms with E-state index in [0.717, 1.165) is 16.5 Å². The van der Waals surface area contributed by atoms with Crippen LogP contribution in [0.15, 0.2) is 35.7 Å². The van der Waals surface area contributed by atoms with Crippen LogP contribution in [0.4, 0.5) is 0 Å². The second kappa shape index (κ2) is 4.57. The fraction of sp³-hybridized carbons (Fsp3) is 0.0833. The molecule has 0 fully saturated rings. The molecule has 8 nitrogen and oxygen atoms in total. The predicted molar refractivity (Wildman–Crippen MR) is 71.7 cm³/mol. The van der Waals surface area contributed by atoms with Gasteiger partial charge >= 0.3 is 0 Å². The fourth-order valence-corrected chi connectivity index (χ4v) is 1.92. The van der Waals surface area contributed by atoms with Crippen molar-refractivity contribution in [1.82, 2.24) is 25.0 Å². The van der Waals surface area contributed by atoms with Gasteiger partial charge in [0.1, 0.15) is 6.33 Å². The van der Waals surface area contributed by atoms with Crippen LogP contribution in [0, 0.1) is 6.92 Å². The number of fused-ring (bicyclic) bond motifs is 1. The maximum absolute atomic E-state index is 8.62. The largest absolute Gasteiger partial charge is 0.409 e. The van der Waals surface area contributed by atoms with Gasteiger partial charge in [0.15, 0.2) is 5.82 Å². The number of nitrogens with two attached hydrogens (primary N) is 1. The lowest BCUT2D eigenvalue weighted by molar-refractivity contribution is 0.318. The van der Waals surface area contributed by atoms with Crippen molar-refractivity contribution < 1.29 is 5.21 Å². The van der Waals surface area contributed by atoms with Crippen molar-refractivity contribution in [1.29, 1.82) is 0 Å². The highest BCUT2D eigenvalue weighted by Gasteiger charge is 2.12. The smallest absolute Gasteiger partial charge is 0.220 e. The van der Waals surface area contributed by atoms with Crippen LogP contribution >= 0.6 is 0 Å². The first-order valence-electron chi connectivity index (χ1n) is 5.82. The Bertz CT molecular complexity index is 808. The van der Waals surface area contributed by atoms with Gasteiger partial charge in [-0.1, -0.05) is 29.4 Å². The fourth-order valence-electron chi connectivity index (χ4n) is 1.92. The van der Waals surface area contributed by atoms with E-state index < -0.39 is 0 Å². The zero-order chi connectivity index (χ0) is 14.1. The molecule has 100 valence electrons. The topological polar surface area (TPSA) is 115 Å². The van der Waals surface area contributed by atoms with Crippen LogP contribution < -0.4 is 5.73 Å². The van der Waals surface area contributed by atoms with E-state index in [9.17, 15) is 0 Å². The van der Waals surface area contributed by atoms with E-state index in [2.05, 4.69) is 25.4 Å². The van der Waals surface area contributed by atoms with Crippen molar-refractivity contribution in [2.45, 2.75) is 6.92 Å². The standard InChI is InChI=1S/C12H11N7O/c1-7-8-4-2-3-5-9(8)12(16-15-7)19-6-14-11(17-19)10(13)18-20/h2-6,20H,1H3,(H2,13,18). The number of hydrogen-bond donors (Lipinski definition) is 2. The minimum atomic E-state index is -0.159. The summed E-state index contributed by atoms with van der Waals surface area (Å²) in [6.07, 6.45) is 1.44. The highest BCUT2D eigenvalue weighted by Crippen LogP contribution is 2.20. The molecule has 8 heteroatoms. The van der Waals surface area contributed by atoms with E-state index in [0.29, 0.717) is 5.82 Å². The molecule has 3 rings (SSSR count). The molecule has 3 N–H and O–H groups in total. The first-order chi connectivity index (χ1) is 9.70. The second-order valence-corrected chi connectivity index (χ2v) is 4.15. The number of amidine groups is 1. The molecule has 0 bridgehead atoms. The van der Waals surface area contributed by atoms with Gasteiger partial charge in [0.25, 0.3) is 0 Å². The summed E-state index contributed by atoms with van der Waals surface area (Å²) in [5, 5.41) is 25.7. The van der Waals surface area contributed by atoms with Gasteiger partial charge in [0, 0.05) is 10.8 Å². The summed E-state index contributed by atoms with van der Waals surface area (Å²) in [5.41, 5.74) is 6.28. The van der Waals surface area contributed by atoms with E-state index in [4.69, 9.17) is 10.9 Å². The average Bonchev–Trinajstić information content (AvgIpc) is 2.97. The number of benzene rings is 1. The number of nitrogens with zero attached hydrogens (tertiary/aromatic N) is 6. The van der Waals surface area contributed by atoms with Crippen molar-refractivity contribution in [2.75, 3.05) is 0 Å². The van der Waals surface area contributed by atoms with E-state index >= 15 is 0 Å². The quantitative estimate of drug-likeness (QED) is 0.305. The summed E-state index contributed by atoms with van der Waals surface area (Å²) in [7, 11) is 0. The molecule has 2 aromatic heterocycles. The minimum Gasteiger partial charge on any atom is -0.409 e. The third-order valence-corrected chi connectivity index (χ3v) is 2.90. The Morgan fingerprint density at radius 3 is 2.75 bits per heavy atom. The van der Waals surface area contributed by atoms with E-state index in [1.54, 1.807) is 0 Å². The van der Waals surface area contributed by atoms with Gasteiger partial charge in [0.2, 0.25) is 11.7 Å². The lowest BCUT2D eigenvalue weighted by Crippen LogP contribution is -2.15. The van der Waals surface area contributed by atoms with Crippen molar-refractivity contribution in [2.24, 2.45) is 10.9 Å². The Morgan fingerprint density at radius 2 is 2.00 bits per heavy atom. The summed E-state index contributed by atoms with van der Waals surface area (Å²) in [5.74, 6) is 0.503. The van der Waals surface area contributed by atoms with E-state index in [1.807, 2.05) is 31.2 Å². The first kappa shape index (κ1) is 12.0. The van der Waals surface area contributed by atoms with Gasteiger partial charge in [0.05, 0.1) is 5.69 Å². The third kappa shape index (κ3) is 1.83. The van der Waals surface area contributed by atoms with Crippen molar-refractivity contribution in [3.05, 3.63) is 42.1 Å². The Morgan fingerprint density at radius 1 is 1.25 bits per heavy atom. The van der Waals surface area contributed by atoms with Crippen LogP contribution in [0.5, 0.6) is 0 Å². The lowest BCUT2D eigenvalue weighted by Gasteiger charge is -2.05. The molecule has 0 saturated carbocycles. The van der Waals surface area contributed by atoms with Crippen LogP contribution in [0.2, 0.25) is 0 Å². The van der Waals surface area contributed by atoms with Gasteiger partial charge in [-0.3, -0.25) is 0 Å². The second-order valence-electron chi connectivity index (χ2n) is 4.15. The Labute approximate surface area is 113 Å². The number of rotatable bonds is 2. The highest BCUT2D eigenvalue weighted by molar-refractivity contribution is 5.93. The molecule has 0 unspecified atom stereocenters. The van der Waals surface area contributed by atoms with Crippen LogP contribution in [0.3, 0.4) is 0 Å². The Hall–Kier alpha value is -3.03. The SMILES string of the molecule is Cc1nnc(-n2cnc(C(N)=NO)n2)c2ccccc12. The molecule has 0 amide bonds. The van der Waals surface area contributed by atoms with Gasteiger partial charge < -0.3 is 10.9 Å². The Balaban J connectivity index is 2.20. The van der Waals surface area contributed by atoms with Crippen molar-refractivity contribution in [3.8, 4) is 5.82 Å². The number of oxime groups is 1. The molecule has 0 aliphatic carbocycles. The maximum atomic E-state index is 8.62. The van der Waals surface area contributed by atoms with E-state index in [1.165, 1.54) is 11.0 Å². The van der Waals surface area contributed by atoms with E-state index in [-0.39, 0.29) is 11.7 Å². The van der Waals surface area contributed by atoms with Crippen LogP contribution in [-0.4, -0.2) is 36.0 Å². The molecule has 3 aromatic rings. The third-order valence-electron chi connectivity index (χ3n) is 2.90. The number of aryl methyl sites for hydroxylation is 1. The predicted octanol–water partition coefficient (Wildman–Crippen LogP) is 0.613. The molecule has 0 radical (unpaired) electrons. The molecule has 2 heterocycles. The monoisotopic (exact) mass is 269 g/mol. The minimum absolute atomic E-state index is 0.124. The van der Waals surface area contributed by atoms with Crippen molar-refractivity contribution >= 4 is 16.6 Å². The molecule has 0 aliphatic heterocycles. The normalized spacial score (nSPS) is 11.9. The summed E-state index contributed by atoms with van der Waals surface area (Å²) in [4.78, 5) is 3.96. The molecular weight excluding hydrogens is 258 g/mol. The van der Waals surface area contributed by atoms with Crippen molar-refractivity contribution in [3.63, 3.8) is 0 Å². The van der Waals surface area contributed by atoms with Gasteiger partial charge in [-0.15, -0.1) is 10.2 Å². The summed E-state index contributed by atoms with van der Waals surface area (Å²) >= 11 is 0. The van der Waals surface area contributed by atoms with Gasteiger partial charge in [-0.05, 0) is 6.92 Å². The zero-order valence-electron chi connectivity index (χ0n) is 10.6. The van der Waals surface area contributed by atoms with Gasteiger partial charge in [-0.2, -0.15) is 9.78 Å². The van der Waals surface area contributed by atoms with Crippen LogP contribution in [0.25, 0.3) is 16.6 Å². The van der Waals surface area contributed by atoms with Crippen LogP contribution in [-0.2, 0) is 0 Å². The highest BCUT2D eigenvalue weighted by atomic mass is 16.4. The molecule has 0 saturated heterocycles. The summed E-state index contributed by atoms with van der Waals surface area (Å²) < 4.78 is 1.45.